The Bertz CT molecular complexity index is 440. The van der Waals surface area contributed by atoms with Crippen molar-refractivity contribution >= 4 is 12.1 Å². The van der Waals surface area contributed by atoms with Crippen molar-refractivity contribution in [2.75, 3.05) is 0 Å². The predicted molar refractivity (Wildman–Crippen MR) is 79.8 cm³/mol. The molecule has 2 aliphatic rings. The molecule has 0 aromatic rings. The molecule has 120 valence electrons. The third-order valence-electron chi connectivity index (χ3n) is 5.31. The molecule has 1 saturated carbocycles. The summed E-state index contributed by atoms with van der Waals surface area (Å²) in [6.45, 7) is 11.7. The van der Waals surface area contributed by atoms with Crippen LogP contribution in [0.4, 0.5) is 0 Å². The summed E-state index contributed by atoms with van der Waals surface area (Å²) in [7, 11) is 0. The van der Waals surface area contributed by atoms with Gasteiger partial charge in [-0.25, -0.2) is 0 Å². The van der Waals surface area contributed by atoms with Crippen LogP contribution in [0.3, 0.4) is 0 Å². The Morgan fingerprint density at radius 3 is 2.33 bits per heavy atom. The molecule has 4 nitrogen and oxygen atoms in total. The van der Waals surface area contributed by atoms with Gasteiger partial charge < -0.3 is 19.1 Å². The molecular formula is C17H28O4. The fourth-order valence-electron chi connectivity index (χ4n) is 4.42. The van der Waals surface area contributed by atoms with E-state index in [0.717, 1.165) is 12.7 Å². The van der Waals surface area contributed by atoms with E-state index in [9.17, 15) is 9.59 Å². The Kier molecular flexibility index (Phi) is 4.09. The van der Waals surface area contributed by atoms with E-state index in [4.69, 9.17) is 9.47 Å². The summed E-state index contributed by atoms with van der Waals surface area (Å²) in [6.07, 6.45) is 2.88. The molecule has 0 aromatic heterocycles. The minimum atomic E-state index is -0.605. The zero-order chi connectivity index (χ0) is 16.1. The number of ketones is 1. The summed E-state index contributed by atoms with van der Waals surface area (Å²) in [5, 5.41) is 0. The first-order valence-corrected chi connectivity index (χ1v) is 7.83. The van der Waals surface area contributed by atoms with Crippen molar-refractivity contribution in [3.63, 3.8) is 0 Å². The molecule has 2 rings (SSSR count). The third kappa shape index (κ3) is 2.93. The number of fused-ring (bicyclic) bond motifs is 1. The molecule has 1 aliphatic carbocycles. The standard InChI is InChI=1S/C17H28O4/c1-11(19)7-8-13-15(2,3)14-12(9-17(13,6)10-18)20-16(4,5)21-14/h10,12-14H,7-9H2,1-6H3/t12-,13+,14+,17-/m1/s1. The van der Waals surface area contributed by atoms with Crippen molar-refractivity contribution < 1.29 is 19.1 Å². The quantitative estimate of drug-likeness (QED) is 0.748. The molecule has 0 aromatic carbocycles. The van der Waals surface area contributed by atoms with Crippen LogP contribution in [0, 0.1) is 16.7 Å². The number of hydrogen-bond acceptors (Lipinski definition) is 4. The van der Waals surface area contributed by atoms with Crippen molar-refractivity contribution in [1.82, 2.24) is 0 Å². The van der Waals surface area contributed by atoms with Crippen LogP contribution >= 0.6 is 0 Å². The Morgan fingerprint density at radius 1 is 1.19 bits per heavy atom. The molecule has 2 fully saturated rings. The molecular weight excluding hydrogens is 268 g/mol. The van der Waals surface area contributed by atoms with Crippen LogP contribution in [-0.4, -0.2) is 30.1 Å². The van der Waals surface area contributed by atoms with E-state index in [1.54, 1.807) is 6.92 Å². The minimum absolute atomic E-state index is 0.0301. The first-order valence-electron chi connectivity index (χ1n) is 7.83. The number of carbonyl (C=O) groups is 2. The minimum Gasteiger partial charge on any atom is -0.345 e. The summed E-state index contributed by atoms with van der Waals surface area (Å²) >= 11 is 0. The van der Waals surface area contributed by atoms with Crippen LogP contribution in [0.1, 0.15) is 60.8 Å². The van der Waals surface area contributed by atoms with Gasteiger partial charge >= 0.3 is 0 Å². The van der Waals surface area contributed by atoms with E-state index in [1.165, 1.54) is 0 Å². The average molecular weight is 296 g/mol. The predicted octanol–water partition coefficient (Wildman–Crippen LogP) is 3.13. The van der Waals surface area contributed by atoms with Crippen LogP contribution in [0.25, 0.3) is 0 Å². The van der Waals surface area contributed by atoms with Gasteiger partial charge in [-0.3, -0.25) is 0 Å². The van der Waals surface area contributed by atoms with Gasteiger partial charge in [0, 0.05) is 11.8 Å². The lowest BCUT2D eigenvalue weighted by atomic mass is 9.53. The summed E-state index contributed by atoms with van der Waals surface area (Å²) in [6, 6.07) is 0. The maximum absolute atomic E-state index is 11.8. The maximum atomic E-state index is 11.8. The van der Waals surface area contributed by atoms with Crippen molar-refractivity contribution in [1.29, 1.82) is 0 Å². The number of hydrogen-bond donors (Lipinski definition) is 0. The monoisotopic (exact) mass is 296 g/mol. The Morgan fingerprint density at radius 2 is 1.81 bits per heavy atom. The molecule has 0 unspecified atom stereocenters. The van der Waals surface area contributed by atoms with Crippen molar-refractivity contribution in [2.45, 2.75) is 78.8 Å². The van der Waals surface area contributed by atoms with Gasteiger partial charge in [0.1, 0.15) is 12.1 Å². The van der Waals surface area contributed by atoms with E-state index in [1.807, 2.05) is 20.8 Å². The van der Waals surface area contributed by atoms with Crippen LogP contribution < -0.4 is 0 Å². The topological polar surface area (TPSA) is 52.6 Å². The highest BCUT2D eigenvalue weighted by molar-refractivity contribution is 5.75. The van der Waals surface area contributed by atoms with Gasteiger partial charge in [-0.1, -0.05) is 20.8 Å². The highest BCUT2D eigenvalue weighted by atomic mass is 16.8. The average Bonchev–Trinajstić information content (AvgIpc) is 2.63. The molecule has 1 aliphatic heterocycles. The first-order chi connectivity index (χ1) is 9.52. The van der Waals surface area contributed by atoms with Crippen LogP contribution in [0.2, 0.25) is 0 Å². The Balaban J connectivity index is 2.33. The van der Waals surface area contributed by atoms with E-state index >= 15 is 0 Å². The summed E-state index contributed by atoms with van der Waals surface area (Å²) in [5.41, 5.74) is -0.675. The highest BCUT2D eigenvalue weighted by Gasteiger charge is 2.60. The van der Waals surface area contributed by atoms with Gasteiger partial charge in [0.15, 0.2) is 5.79 Å². The fourth-order valence-corrected chi connectivity index (χ4v) is 4.42. The molecule has 0 radical (unpaired) electrons. The maximum Gasteiger partial charge on any atom is 0.163 e. The SMILES string of the molecule is CC(=O)CC[C@H]1C(C)(C)[C@H]2OC(C)(C)O[C@@H]2C[C@]1(C)C=O. The lowest BCUT2D eigenvalue weighted by Gasteiger charge is -2.52. The number of ether oxygens (including phenoxy) is 2. The van der Waals surface area contributed by atoms with Crippen LogP contribution in [0.15, 0.2) is 0 Å². The number of rotatable bonds is 4. The zero-order valence-electron chi connectivity index (χ0n) is 14.1. The lowest BCUT2D eigenvalue weighted by Crippen LogP contribution is -2.56. The molecule has 0 bridgehead atoms. The number of carbonyl (C=O) groups excluding carboxylic acids is 2. The second-order valence-corrected chi connectivity index (χ2v) is 8.04. The molecule has 1 saturated heterocycles. The molecule has 0 N–H and O–H groups in total. The van der Waals surface area contributed by atoms with Gasteiger partial charge in [-0.2, -0.15) is 0 Å². The summed E-state index contributed by atoms with van der Waals surface area (Å²) < 4.78 is 12.1. The molecule has 4 heteroatoms. The van der Waals surface area contributed by atoms with Crippen molar-refractivity contribution in [2.24, 2.45) is 16.7 Å². The number of aldehydes is 1. The molecule has 4 atom stereocenters. The van der Waals surface area contributed by atoms with E-state index in [0.29, 0.717) is 12.8 Å². The van der Waals surface area contributed by atoms with Gasteiger partial charge in [-0.05, 0) is 44.9 Å². The first kappa shape index (κ1) is 16.6. The fraction of sp³-hybridized carbons (Fsp3) is 0.882. The smallest absolute Gasteiger partial charge is 0.163 e. The normalized spacial score (nSPS) is 40.6. The highest BCUT2D eigenvalue weighted by Crippen LogP contribution is 2.57. The second-order valence-electron chi connectivity index (χ2n) is 8.04. The summed E-state index contributed by atoms with van der Waals surface area (Å²) in [4.78, 5) is 23.2. The molecule has 1 heterocycles. The van der Waals surface area contributed by atoms with Gasteiger partial charge in [-0.15, -0.1) is 0 Å². The van der Waals surface area contributed by atoms with E-state index in [2.05, 4.69) is 13.8 Å². The van der Waals surface area contributed by atoms with E-state index < -0.39 is 11.2 Å². The Labute approximate surface area is 127 Å². The zero-order valence-corrected chi connectivity index (χ0v) is 14.1. The third-order valence-corrected chi connectivity index (χ3v) is 5.31. The molecule has 0 spiro atoms. The van der Waals surface area contributed by atoms with Crippen LogP contribution in [0.5, 0.6) is 0 Å². The summed E-state index contributed by atoms with van der Waals surface area (Å²) in [5.74, 6) is -0.318. The van der Waals surface area contributed by atoms with Crippen molar-refractivity contribution in [3.8, 4) is 0 Å². The second kappa shape index (κ2) is 5.17. The number of Topliss-reactive ketones (excluding diaryl/α,β-unsaturated/α-hetero) is 1. The molecule has 0 amide bonds. The van der Waals surface area contributed by atoms with Gasteiger partial charge in [0.05, 0.1) is 12.2 Å². The Hall–Kier alpha value is -0.740. The van der Waals surface area contributed by atoms with Crippen LogP contribution in [-0.2, 0) is 19.1 Å². The van der Waals surface area contributed by atoms with Crippen molar-refractivity contribution in [3.05, 3.63) is 0 Å². The van der Waals surface area contributed by atoms with E-state index in [-0.39, 0.29) is 29.3 Å². The molecule has 21 heavy (non-hydrogen) atoms. The van der Waals surface area contributed by atoms with Gasteiger partial charge in [0.2, 0.25) is 0 Å². The lowest BCUT2D eigenvalue weighted by molar-refractivity contribution is -0.160. The largest absolute Gasteiger partial charge is 0.345 e. The van der Waals surface area contributed by atoms with Gasteiger partial charge in [0.25, 0.3) is 0 Å².